The van der Waals surface area contributed by atoms with Gasteiger partial charge in [0.2, 0.25) is 0 Å². The lowest BCUT2D eigenvalue weighted by molar-refractivity contribution is 0.0692. The highest BCUT2D eigenvalue weighted by Gasteiger charge is 2.16. The van der Waals surface area contributed by atoms with Crippen LogP contribution in [0.4, 0.5) is 5.69 Å². The molecule has 2 rings (SSSR count). The van der Waals surface area contributed by atoms with Crippen LogP contribution in [0.3, 0.4) is 0 Å². The van der Waals surface area contributed by atoms with Gasteiger partial charge in [0.1, 0.15) is 5.75 Å². The fourth-order valence-corrected chi connectivity index (χ4v) is 2.29. The quantitative estimate of drug-likeness (QED) is 0.886. The SMILES string of the molecule is COc1cc(Br)cc(NC(=O)c2ccccc2C(=O)O)c1. The lowest BCUT2D eigenvalue weighted by Crippen LogP contribution is -2.16. The second-order valence-corrected chi connectivity index (χ2v) is 5.10. The molecule has 5 nitrogen and oxygen atoms in total. The molecule has 0 aromatic heterocycles. The number of carbonyl (C=O) groups excluding carboxylic acids is 1. The van der Waals surface area contributed by atoms with Crippen molar-refractivity contribution in [3.8, 4) is 5.75 Å². The van der Waals surface area contributed by atoms with Crippen molar-refractivity contribution in [2.45, 2.75) is 0 Å². The van der Waals surface area contributed by atoms with Gasteiger partial charge in [-0.05, 0) is 24.3 Å². The Bertz CT molecular complexity index is 700. The Balaban J connectivity index is 2.30. The number of hydrogen-bond acceptors (Lipinski definition) is 3. The molecule has 0 heterocycles. The third kappa shape index (κ3) is 3.61. The molecule has 6 heteroatoms. The minimum atomic E-state index is -1.15. The number of halogens is 1. The van der Waals surface area contributed by atoms with Crippen molar-refractivity contribution in [1.82, 2.24) is 0 Å². The summed E-state index contributed by atoms with van der Waals surface area (Å²) in [6.45, 7) is 0. The third-order valence-electron chi connectivity index (χ3n) is 2.77. The highest BCUT2D eigenvalue weighted by molar-refractivity contribution is 9.10. The molecule has 0 radical (unpaired) electrons. The van der Waals surface area contributed by atoms with E-state index in [-0.39, 0.29) is 11.1 Å². The summed E-state index contributed by atoms with van der Waals surface area (Å²) in [4.78, 5) is 23.3. The van der Waals surface area contributed by atoms with Gasteiger partial charge in [-0.2, -0.15) is 0 Å². The number of benzene rings is 2. The van der Waals surface area contributed by atoms with Crippen LogP contribution in [-0.4, -0.2) is 24.1 Å². The van der Waals surface area contributed by atoms with E-state index in [1.165, 1.54) is 19.2 Å². The van der Waals surface area contributed by atoms with E-state index < -0.39 is 11.9 Å². The largest absolute Gasteiger partial charge is 0.497 e. The van der Waals surface area contributed by atoms with E-state index in [1.807, 2.05) is 0 Å². The number of carbonyl (C=O) groups is 2. The predicted molar refractivity (Wildman–Crippen MR) is 82.0 cm³/mol. The van der Waals surface area contributed by atoms with Gasteiger partial charge in [-0.25, -0.2) is 4.79 Å². The molecule has 0 aliphatic heterocycles. The first kappa shape index (κ1) is 15.1. The molecule has 2 aromatic rings. The van der Waals surface area contributed by atoms with E-state index >= 15 is 0 Å². The molecule has 0 fully saturated rings. The zero-order valence-corrected chi connectivity index (χ0v) is 12.7. The van der Waals surface area contributed by atoms with E-state index in [0.717, 1.165) is 4.47 Å². The van der Waals surface area contributed by atoms with Crippen molar-refractivity contribution >= 4 is 33.5 Å². The van der Waals surface area contributed by atoms with Crippen LogP contribution in [-0.2, 0) is 0 Å². The minimum Gasteiger partial charge on any atom is -0.497 e. The Kier molecular flexibility index (Phi) is 4.59. The maximum absolute atomic E-state index is 12.2. The van der Waals surface area contributed by atoms with Crippen LogP contribution in [0.15, 0.2) is 46.9 Å². The number of methoxy groups -OCH3 is 1. The standard InChI is InChI=1S/C15H12BrNO4/c1-21-11-7-9(16)6-10(8-11)17-14(18)12-4-2-3-5-13(12)15(19)20/h2-8H,1H3,(H,17,18)(H,19,20). The van der Waals surface area contributed by atoms with Crippen LogP contribution < -0.4 is 10.1 Å². The van der Waals surface area contributed by atoms with Crippen LogP contribution >= 0.6 is 15.9 Å². The summed E-state index contributed by atoms with van der Waals surface area (Å²) in [7, 11) is 1.52. The first-order valence-corrected chi connectivity index (χ1v) is 6.79. The molecule has 108 valence electrons. The smallest absolute Gasteiger partial charge is 0.336 e. The zero-order chi connectivity index (χ0) is 15.4. The van der Waals surface area contributed by atoms with Gasteiger partial charge in [-0.1, -0.05) is 28.1 Å². The number of carboxylic acid groups (broad SMARTS) is 1. The van der Waals surface area contributed by atoms with E-state index in [4.69, 9.17) is 9.84 Å². The van der Waals surface area contributed by atoms with Gasteiger partial charge >= 0.3 is 5.97 Å². The highest BCUT2D eigenvalue weighted by atomic mass is 79.9. The summed E-state index contributed by atoms with van der Waals surface area (Å²) in [6, 6.07) is 11.1. The Hall–Kier alpha value is -2.34. The molecule has 0 aliphatic carbocycles. The molecular weight excluding hydrogens is 338 g/mol. The summed E-state index contributed by atoms with van der Waals surface area (Å²) < 4.78 is 5.85. The van der Waals surface area contributed by atoms with Crippen molar-refractivity contribution in [2.75, 3.05) is 12.4 Å². The molecule has 0 saturated carbocycles. The summed E-state index contributed by atoms with van der Waals surface area (Å²) in [5.74, 6) is -1.06. The van der Waals surface area contributed by atoms with Crippen molar-refractivity contribution in [1.29, 1.82) is 0 Å². The van der Waals surface area contributed by atoms with Crippen molar-refractivity contribution in [2.24, 2.45) is 0 Å². The topological polar surface area (TPSA) is 75.6 Å². The third-order valence-corrected chi connectivity index (χ3v) is 3.22. The number of amides is 1. The zero-order valence-electron chi connectivity index (χ0n) is 11.1. The molecule has 0 spiro atoms. The Morgan fingerprint density at radius 1 is 1.14 bits per heavy atom. The van der Waals surface area contributed by atoms with Crippen LogP contribution in [0.25, 0.3) is 0 Å². The maximum atomic E-state index is 12.2. The monoisotopic (exact) mass is 349 g/mol. The van der Waals surface area contributed by atoms with E-state index in [9.17, 15) is 9.59 Å². The number of carboxylic acids is 1. The molecule has 0 aliphatic rings. The predicted octanol–water partition coefficient (Wildman–Crippen LogP) is 3.41. The van der Waals surface area contributed by atoms with E-state index in [2.05, 4.69) is 21.2 Å². The number of rotatable bonds is 4. The number of anilines is 1. The van der Waals surface area contributed by atoms with Gasteiger partial charge in [0, 0.05) is 16.2 Å². The lowest BCUT2D eigenvalue weighted by Gasteiger charge is -2.09. The first-order chi connectivity index (χ1) is 10.0. The van der Waals surface area contributed by atoms with Gasteiger partial charge in [-0.15, -0.1) is 0 Å². The molecule has 2 aromatic carbocycles. The Morgan fingerprint density at radius 3 is 2.43 bits per heavy atom. The summed E-state index contributed by atoms with van der Waals surface area (Å²) in [6.07, 6.45) is 0. The molecule has 0 bridgehead atoms. The fourth-order valence-electron chi connectivity index (χ4n) is 1.82. The first-order valence-electron chi connectivity index (χ1n) is 5.99. The van der Waals surface area contributed by atoms with Gasteiger partial charge in [0.15, 0.2) is 0 Å². The van der Waals surface area contributed by atoms with Gasteiger partial charge < -0.3 is 15.2 Å². The van der Waals surface area contributed by atoms with Gasteiger partial charge in [0.05, 0.1) is 18.2 Å². The fraction of sp³-hybridized carbons (Fsp3) is 0.0667. The molecule has 0 saturated heterocycles. The normalized spacial score (nSPS) is 10.0. The number of nitrogens with one attached hydrogen (secondary N) is 1. The second kappa shape index (κ2) is 6.41. The summed E-state index contributed by atoms with van der Waals surface area (Å²) in [5.41, 5.74) is 0.562. The Morgan fingerprint density at radius 2 is 1.81 bits per heavy atom. The second-order valence-electron chi connectivity index (χ2n) is 4.18. The summed E-state index contributed by atoms with van der Waals surface area (Å²) in [5, 5.41) is 11.8. The summed E-state index contributed by atoms with van der Waals surface area (Å²) >= 11 is 3.31. The van der Waals surface area contributed by atoms with Crippen molar-refractivity contribution in [3.05, 3.63) is 58.1 Å². The minimum absolute atomic E-state index is 0.0445. The maximum Gasteiger partial charge on any atom is 0.336 e. The molecule has 0 unspecified atom stereocenters. The van der Waals surface area contributed by atoms with Crippen molar-refractivity contribution in [3.63, 3.8) is 0 Å². The van der Waals surface area contributed by atoms with Crippen molar-refractivity contribution < 1.29 is 19.4 Å². The molecule has 21 heavy (non-hydrogen) atoms. The molecule has 1 amide bonds. The average molecular weight is 350 g/mol. The van der Waals surface area contributed by atoms with E-state index in [0.29, 0.717) is 11.4 Å². The van der Waals surface area contributed by atoms with Crippen LogP contribution in [0.5, 0.6) is 5.75 Å². The van der Waals surface area contributed by atoms with Gasteiger partial charge in [-0.3, -0.25) is 4.79 Å². The number of ether oxygens (including phenoxy) is 1. The molecule has 0 atom stereocenters. The number of aromatic carboxylic acids is 1. The van der Waals surface area contributed by atoms with Crippen LogP contribution in [0.1, 0.15) is 20.7 Å². The molecule has 2 N–H and O–H groups in total. The number of hydrogen-bond donors (Lipinski definition) is 2. The molecular formula is C15H12BrNO4. The van der Waals surface area contributed by atoms with E-state index in [1.54, 1.807) is 30.3 Å². The van der Waals surface area contributed by atoms with Crippen LogP contribution in [0.2, 0.25) is 0 Å². The van der Waals surface area contributed by atoms with Crippen LogP contribution in [0, 0.1) is 0 Å². The average Bonchev–Trinajstić information content (AvgIpc) is 2.46. The Labute approximate surface area is 129 Å². The highest BCUT2D eigenvalue weighted by Crippen LogP contribution is 2.25. The van der Waals surface area contributed by atoms with Gasteiger partial charge in [0.25, 0.3) is 5.91 Å². The lowest BCUT2D eigenvalue weighted by atomic mass is 10.1.